The van der Waals surface area contributed by atoms with Crippen molar-refractivity contribution in [2.24, 2.45) is 0 Å². The van der Waals surface area contributed by atoms with E-state index in [0.717, 1.165) is 45.2 Å². The Hall–Kier alpha value is -3.12. The van der Waals surface area contributed by atoms with Gasteiger partial charge in [0.05, 0.1) is 5.56 Å². The van der Waals surface area contributed by atoms with E-state index in [4.69, 9.17) is 9.40 Å². The molecule has 4 aromatic rings. The fourth-order valence-electron chi connectivity index (χ4n) is 4.28. The van der Waals surface area contributed by atoms with Crippen molar-refractivity contribution in [3.8, 4) is 11.1 Å². The number of hydrogen-bond acceptors (Lipinski definition) is 4. The lowest BCUT2D eigenvalue weighted by Crippen LogP contribution is -2.30. The first-order valence-corrected chi connectivity index (χ1v) is 11.5. The average molecular weight is 490 g/mol. The topological polar surface area (TPSA) is 49.6 Å². The van der Waals surface area contributed by atoms with Gasteiger partial charge >= 0.3 is 0 Å². The molecule has 0 spiro atoms. The number of carbonyl (C=O) groups is 1. The molecule has 1 saturated heterocycles. The Morgan fingerprint density at radius 2 is 1.81 bits per heavy atom. The molecule has 1 aromatic heterocycles. The third-order valence-corrected chi connectivity index (χ3v) is 6.72. The number of aromatic nitrogens is 1. The minimum atomic E-state index is -0.148. The standard InChI is InChI=1S/C26H24BrN3O2/c1-29(2)19-12-9-17(10-13-19)18-11-14-24-22(16-18)28-25(32-24)23-8-5-15-30(23)26(31)20-6-3-4-7-21(20)27/h3-4,6-7,9-14,16,23H,5,8,15H2,1-2H3. The highest BCUT2D eigenvalue weighted by molar-refractivity contribution is 9.10. The molecule has 1 amide bonds. The second-order valence-electron chi connectivity index (χ2n) is 8.31. The van der Waals surface area contributed by atoms with Crippen LogP contribution in [0.3, 0.4) is 0 Å². The van der Waals surface area contributed by atoms with E-state index in [9.17, 15) is 4.79 Å². The number of halogens is 1. The van der Waals surface area contributed by atoms with Crippen LogP contribution in [0.2, 0.25) is 0 Å². The summed E-state index contributed by atoms with van der Waals surface area (Å²) in [6, 6.07) is 21.9. The zero-order valence-electron chi connectivity index (χ0n) is 18.1. The van der Waals surface area contributed by atoms with Gasteiger partial charge in [0, 0.05) is 30.8 Å². The van der Waals surface area contributed by atoms with Crippen molar-refractivity contribution in [3.63, 3.8) is 0 Å². The molecule has 1 atom stereocenters. The number of benzene rings is 3. The largest absolute Gasteiger partial charge is 0.438 e. The summed E-state index contributed by atoms with van der Waals surface area (Å²) in [5.41, 5.74) is 5.61. The minimum Gasteiger partial charge on any atom is -0.438 e. The van der Waals surface area contributed by atoms with Crippen LogP contribution in [-0.2, 0) is 0 Å². The predicted molar refractivity (Wildman–Crippen MR) is 131 cm³/mol. The van der Waals surface area contributed by atoms with Gasteiger partial charge in [-0.25, -0.2) is 4.98 Å². The summed E-state index contributed by atoms with van der Waals surface area (Å²) in [6.07, 6.45) is 1.78. The maximum absolute atomic E-state index is 13.2. The molecule has 1 fully saturated rings. The highest BCUT2D eigenvalue weighted by atomic mass is 79.9. The lowest BCUT2D eigenvalue weighted by atomic mass is 10.0. The van der Waals surface area contributed by atoms with Crippen molar-refractivity contribution in [1.29, 1.82) is 0 Å². The van der Waals surface area contributed by atoms with Crippen molar-refractivity contribution in [1.82, 2.24) is 9.88 Å². The normalized spacial score (nSPS) is 16.0. The van der Waals surface area contributed by atoms with E-state index in [2.05, 4.69) is 57.2 Å². The van der Waals surface area contributed by atoms with E-state index in [0.29, 0.717) is 18.0 Å². The van der Waals surface area contributed by atoms with Gasteiger partial charge in [-0.3, -0.25) is 4.79 Å². The predicted octanol–water partition coefficient (Wildman–Crippen LogP) is 6.30. The molecular weight excluding hydrogens is 466 g/mol. The molecule has 6 heteroatoms. The lowest BCUT2D eigenvalue weighted by Gasteiger charge is -2.22. The van der Waals surface area contributed by atoms with Gasteiger partial charge in [0.15, 0.2) is 5.58 Å². The number of carbonyl (C=O) groups excluding carboxylic acids is 1. The minimum absolute atomic E-state index is 0.00361. The van der Waals surface area contributed by atoms with E-state index in [1.54, 1.807) is 0 Å². The molecule has 5 rings (SSSR count). The average Bonchev–Trinajstić information content (AvgIpc) is 3.45. The van der Waals surface area contributed by atoms with Gasteiger partial charge in [-0.05, 0) is 76.3 Å². The third kappa shape index (κ3) is 3.79. The third-order valence-electron chi connectivity index (χ3n) is 6.02. The van der Waals surface area contributed by atoms with Gasteiger partial charge in [-0.2, -0.15) is 0 Å². The Labute approximate surface area is 195 Å². The molecule has 0 radical (unpaired) electrons. The Morgan fingerprint density at radius 3 is 2.56 bits per heavy atom. The van der Waals surface area contributed by atoms with E-state index in [1.165, 1.54) is 0 Å². The molecule has 0 saturated carbocycles. The summed E-state index contributed by atoms with van der Waals surface area (Å²) in [5.74, 6) is 0.613. The Balaban J connectivity index is 1.44. The molecule has 162 valence electrons. The monoisotopic (exact) mass is 489 g/mol. The van der Waals surface area contributed by atoms with E-state index in [-0.39, 0.29) is 11.9 Å². The quantitative estimate of drug-likeness (QED) is 0.337. The molecule has 3 aromatic carbocycles. The number of oxazole rings is 1. The van der Waals surface area contributed by atoms with Crippen molar-refractivity contribution in [3.05, 3.63) is 82.7 Å². The number of likely N-dealkylation sites (tertiary alicyclic amines) is 1. The number of nitrogens with zero attached hydrogens (tertiary/aromatic N) is 3. The SMILES string of the molecule is CN(C)c1ccc(-c2ccc3oc(C4CCCN4C(=O)c4ccccc4Br)nc3c2)cc1. The lowest BCUT2D eigenvalue weighted by molar-refractivity contribution is 0.0716. The molecule has 1 aliphatic heterocycles. The van der Waals surface area contributed by atoms with Gasteiger partial charge in [0.25, 0.3) is 5.91 Å². The van der Waals surface area contributed by atoms with E-state index < -0.39 is 0 Å². The fourth-order valence-corrected chi connectivity index (χ4v) is 4.73. The van der Waals surface area contributed by atoms with E-state index >= 15 is 0 Å². The molecule has 32 heavy (non-hydrogen) atoms. The van der Waals surface area contributed by atoms with Crippen LogP contribution in [0.25, 0.3) is 22.2 Å². The van der Waals surface area contributed by atoms with Crippen molar-refractivity contribution in [2.75, 3.05) is 25.5 Å². The number of anilines is 1. The van der Waals surface area contributed by atoms with Gasteiger partial charge in [0.1, 0.15) is 11.6 Å². The molecule has 2 heterocycles. The van der Waals surface area contributed by atoms with Crippen LogP contribution >= 0.6 is 15.9 Å². The van der Waals surface area contributed by atoms with Gasteiger partial charge < -0.3 is 14.2 Å². The maximum Gasteiger partial charge on any atom is 0.255 e. The zero-order chi connectivity index (χ0) is 22.2. The molecular formula is C26H24BrN3O2. The summed E-state index contributed by atoms with van der Waals surface area (Å²) >= 11 is 3.50. The molecule has 0 bridgehead atoms. The summed E-state index contributed by atoms with van der Waals surface area (Å²) in [4.78, 5) is 22.0. The van der Waals surface area contributed by atoms with Crippen LogP contribution in [0, 0.1) is 0 Å². The number of amides is 1. The van der Waals surface area contributed by atoms with Crippen LogP contribution in [0.1, 0.15) is 35.1 Å². The highest BCUT2D eigenvalue weighted by Crippen LogP contribution is 2.36. The number of hydrogen-bond donors (Lipinski definition) is 0. The van der Waals surface area contributed by atoms with Crippen LogP contribution < -0.4 is 4.90 Å². The number of fused-ring (bicyclic) bond motifs is 1. The Morgan fingerprint density at radius 1 is 1.06 bits per heavy atom. The second-order valence-corrected chi connectivity index (χ2v) is 9.17. The molecule has 5 nitrogen and oxygen atoms in total. The van der Waals surface area contributed by atoms with Crippen LogP contribution in [0.4, 0.5) is 5.69 Å². The van der Waals surface area contributed by atoms with Gasteiger partial charge in [-0.1, -0.05) is 30.3 Å². The summed E-state index contributed by atoms with van der Waals surface area (Å²) in [7, 11) is 4.07. The Bertz CT molecular complexity index is 1280. The van der Waals surface area contributed by atoms with Crippen LogP contribution in [0.5, 0.6) is 0 Å². The molecule has 0 aliphatic carbocycles. The number of rotatable bonds is 4. The Kier molecular flexibility index (Phi) is 5.47. The van der Waals surface area contributed by atoms with Crippen LogP contribution in [-0.4, -0.2) is 36.4 Å². The summed E-state index contributed by atoms with van der Waals surface area (Å²) < 4.78 is 6.92. The first-order valence-electron chi connectivity index (χ1n) is 10.7. The summed E-state index contributed by atoms with van der Waals surface area (Å²) in [6.45, 7) is 0.701. The molecule has 1 aliphatic rings. The highest BCUT2D eigenvalue weighted by Gasteiger charge is 2.34. The van der Waals surface area contributed by atoms with Gasteiger partial charge in [0.2, 0.25) is 5.89 Å². The second kappa shape index (κ2) is 8.43. The smallest absolute Gasteiger partial charge is 0.255 e. The zero-order valence-corrected chi connectivity index (χ0v) is 19.7. The van der Waals surface area contributed by atoms with Crippen molar-refractivity contribution < 1.29 is 9.21 Å². The maximum atomic E-state index is 13.2. The fraction of sp³-hybridized carbons (Fsp3) is 0.231. The molecule has 0 N–H and O–H groups in total. The van der Waals surface area contributed by atoms with Gasteiger partial charge in [-0.15, -0.1) is 0 Å². The van der Waals surface area contributed by atoms with Crippen molar-refractivity contribution >= 4 is 38.6 Å². The van der Waals surface area contributed by atoms with Crippen molar-refractivity contribution in [2.45, 2.75) is 18.9 Å². The first-order chi connectivity index (χ1) is 15.5. The first kappa shape index (κ1) is 20.8. The van der Waals surface area contributed by atoms with E-state index in [1.807, 2.05) is 49.3 Å². The van der Waals surface area contributed by atoms with Crippen LogP contribution in [0.15, 0.2) is 75.6 Å². The molecule has 1 unspecified atom stereocenters. The summed E-state index contributed by atoms with van der Waals surface area (Å²) in [5, 5.41) is 0.